The molecule has 2 heterocycles. The molecule has 2 amide bonds. The number of hydrogen-bond donors (Lipinski definition) is 2. The maximum Gasteiger partial charge on any atom is 0.305 e. The predicted molar refractivity (Wildman–Crippen MR) is 125 cm³/mol. The van der Waals surface area contributed by atoms with E-state index in [0.29, 0.717) is 24.3 Å². The van der Waals surface area contributed by atoms with Crippen LogP contribution in [0.15, 0.2) is 30.3 Å². The van der Waals surface area contributed by atoms with Gasteiger partial charge in [-0.15, -0.1) is 0 Å². The minimum absolute atomic E-state index is 0.0952. The van der Waals surface area contributed by atoms with E-state index in [4.69, 9.17) is 0 Å². The summed E-state index contributed by atoms with van der Waals surface area (Å²) >= 11 is 0. The van der Waals surface area contributed by atoms with Crippen molar-refractivity contribution in [3.05, 3.63) is 52.8 Å². The topological polar surface area (TPSA) is 105 Å². The maximum absolute atomic E-state index is 13.4. The van der Waals surface area contributed by atoms with Crippen molar-refractivity contribution in [2.75, 3.05) is 6.54 Å². The number of piperidine rings is 1. The Hall–Kier alpha value is -3.16. The largest absolute Gasteiger partial charge is 0.481 e. The third-order valence-corrected chi connectivity index (χ3v) is 6.20. The van der Waals surface area contributed by atoms with Crippen LogP contribution in [0.2, 0.25) is 0 Å². The summed E-state index contributed by atoms with van der Waals surface area (Å²) < 4.78 is 1.56. The Balaban J connectivity index is 1.82. The van der Waals surface area contributed by atoms with Gasteiger partial charge in [-0.1, -0.05) is 43.2 Å². The molecule has 0 bridgehead atoms. The number of rotatable bonds is 9. The fraction of sp³-hybridized carbons (Fsp3) is 0.520. The zero-order valence-corrected chi connectivity index (χ0v) is 19.7. The monoisotopic (exact) mass is 454 g/mol. The van der Waals surface area contributed by atoms with Crippen molar-refractivity contribution in [1.29, 1.82) is 0 Å². The molecule has 2 aromatic rings. The van der Waals surface area contributed by atoms with E-state index in [9.17, 15) is 19.5 Å². The molecule has 3 rings (SSSR count). The van der Waals surface area contributed by atoms with Gasteiger partial charge in [-0.25, -0.2) is 0 Å². The van der Waals surface area contributed by atoms with Crippen LogP contribution < -0.4 is 5.32 Å². The van der Waals surface area contributed by atoms with Crippen LogP contribution in [0.4, 0.5) is 0 Å². The van der Waals surface area contributed by atoms with Crippen LogP contribution in [-0.4, -0.2) is 50.2 Å². The van der Waals surface area contributed by atoms with Gasteiger partial charge in [-0.05, 0) is 45.1 Å². The number of nitrogens with one attached hydrogen (secondary N) is 1. The molecule has 0 aliphatic carbocycles. The number of carbonyl (C=O) groups is 3. The van der Waals surface area contributed by atoms with Crippen LogP contribution in [0, 0.1) is 6.92 Å². The van der Waals surface area contributed by atoms with Gasteiger partial charge in [0.15, 0.2) is 5.69 Å². The quantitative estimate of drug-likeness (QED) is 0.597. The molecule has 1 aromatic carbocycles. The number of hydrogen-bond acceptors (Lipinski definition) is 4. The highest BCUT2D eigenvalue weighted by molar-refractivity contribution is 5.98. The smallest absolute Gasteiger partial charge is 0.305 e. The fourth-order valence-corrected chi connectivity index (χ4v) is 4.45. The molecule has 1 fully saturated rings. The molecule has 1 saturated heterocycles. The molecule has 0 saturated carbocycles. The second-order valence-corrected chi connectivity index (χ2v) is 8.70. The van der Waals surface area contributed by atoms with E-state index in [1.165, 1.54) is 6.07 Å². The van der Waals surface area contributed by atoms with Crippen LogP contribution in [0.3, 0.4) is 0 Å². The van der Waals surface area contributed by atoms with Gasteiger partial charge in [0.25, 0.3) is 11.8 Å². The zero-order chi connectivity index (χ0) is 24.0. The first-order valence-corrected chi connectivity index (χ1v) is 11.8. The summed E-state index contributed by atoms with van der Waals surface area (Å²) in [7, 11) is 0. The number of aryl methyl sites for hydroxylation is 2. The SMILES string of the molecule is CCCC1CCCCN1C(=O)c1cc(C(=O)NC(CC(=O)O)c2ccc(C)cc2)nn1CC. The first-order chi connectivity index (χ1) is 15.8. The lowest BCUT2D eigenvalue weighted by molar-refractivity contribution is -0.137. The standard InChI is InChI=1S/C25H34N4O4/c1-4-8-19-9-6-7-14-28(19)25(33)22-15-21(27-29(22)5-2)24(32)26-20(16-23(30)31)18-12-10-17(3)11-13-18/h10-13,15,19-20H,4-9,14,16H2,1-3H3,(H,26,32)(H,30,31). The van der Waals surface area contributed by atoms with Gasteiger partial charge in [-0.2, -0.15) is 5.10 Å². The average Bonchev–Trinajstić information content (AvgIpc) is 3.24. The molecule has 0 spiro atoms. The Morgan fingerprint density at radius 1 is 1.18 bits per heavy atom. The molecule has 2 N–H and O–H groups in total. The van der Waals surface area contributed by atoms with E-state index in [0.717, 1.165) is 37.7 Å². The Morgan fingerprint density at radius 2 is 1.91 bits per heavy atom. The summed E-state index contributed by atoms with van der Waals surface area (Å²) in [4.78, 5) is 39.7. The molecular weight excluding hydrogens is 420 g/mol. The number of aromatic nitrogens is 2. The molecule has 2 unspecified atom stereocenters. The average molecular weight is 455 g/mol. The van der Waals surface area contributed by atoms with Crippen molar-refractivity contribution in [2.24, 2.45) is 0 Å². The van der Waals surface area contributed by atoms with Gasteiger partial charge in [0, 0.05) is 25.2 Å². The highest BCUT2D eigenvalue weighted by Gasteiger charge is 2.30. The van der Waals surface area contributed by atoms with E-state index in [1.54, 1.807) is 4.68 Å². The van der Waals surface area contributed by atoms with E-state index in [2.05, 4.69) is 17.3 Å². The zero-order valence-electron chi connectivity index (χ0n) is 19.7. The minimum Gasteiger partial charge on any atom is -0.481 e. The van der Waals surface area contributed by atoms with Gasteiger partial charge in [0.1, 0.15) is 5.69 Å². The van der Waals surface area contributed by atoms with Crippen molar-refractivity contribution in [2.45, 2.75) is 77.9 Å². The highest BCUT2D eigenvalue weighted by Crippen LogP contribution is 2.24. The molecular formula is C25H34N4O4. The molecule has 178 valence electrons. The summed E-state index contributed by atoms with van der Waals surface area (Å²) in [6.07, 6.45) is 4.83. The first kappa shape index (κ1) is 24.5. The Kier molecular flexibility index (Phi) is 8.25. The Bertz CT molecular complexity index is 981. The van der Waals surface area contributed by atoms with Crippen molar-refractivity contribution >= 4 is 17.8 Å². The van der Waals surface area contributed by atoms with Crippen molar-refractivity contribution in [3.8, 4) is 0 Å². The normalized spacial score (nSPS) is 16.9. The number of carboxylic acid groups (broad SMARTS) is 1. The van der Waals surface area contributed by atoms with Crippen molar-refractivity contribution in [3.63, 3.8) is 0 Å². The Morgan fingerprint density at radius 3 is 2.55 bits per heavy atom. The van der Waals surface area contributed by atoms with E-state index >= 15 is 0 Å². The van der Waals surface area contributed by atoms with E-state index in [-0.39, 0.29) is 24.1 Å². The maximum atomic E-state index is 13.4. The van der Waals surface area contributed by atoms with E-state index in [1.807, 2.05) is 43.0 Å². The summed E-state index contributed by atoms with van der Waals surface area (Å²) in [5.41, 5.74) is 2.27. The summed E-state index contributed by atoms with van der Waals surface area (Å²) in [5, 5.41) is 16.5. The number of carbonyl (C=O) groups excluding carboxylic acids is 2. The third-order valence-electron chi connectivity index (χ3n) is 6.20. The van der Waals surface area contributed by atoms with Crippen LogP contribution in [-0.2, 0) is 11.3 Å². The molecule has 2 atom stereocenters. The number of aliphatic carboxylic acids is 1. The summed E-state index contributed by atoms with van der Waals surface area (Å²) in [6.45, 7) is 7.12. The fourth-order valence-electron chi connectivity index (χ4n) is 4.45. The number of nitrogens with zero attached hydrogens (tertiary/aromatic N) is 3. The van der Waals surface area contributed by atoms with Gasteiger partial charge in [-0.3, -0.25) is 19.1 Å². The second kappa shape index (κ2) is 11.1. The predicted octanol–water partition coefficient (Wildman–Crippen LogP) is 3.95. The molecule has 1 aliphatic heterocycles. The number of likely N-dealkylation sites (tertiary alicyclic amines) is 1. The molecule has 8 heteroatoms. The molecule has 1 aliphatic rings. The molecule has 8 nitrogen and oxygen atoms in total. The number of carboxylic acids is 1. The van der Waals surface area contributed by atoms with Gasteiger partial charge in [0.2, 0.25) is 0 Å². The van der Waals surface area contributed by atoms with Crippen LogP contribution >= 0.6 is 0 Å². The first-order valence-electron chi connectivity index (χ1n) is 11.8. The van der Waals surface area contributed by atoms with Crippen LogP contribution in [0.1, 0.15) is 90.5 Å². The van der Waals surface area contributed by atoms with Gasteiger partial charge in [0.05, 0.1) is 12.5 Å². The lowest BCUT2D eigenvalue weighted by Crippen LogP contribution is -2.44. The molecule has 1 aromatic heterocycles. The summed E-state index contributed by atoms with van der Waals surface area (Å²) in [5.74, 6) is -1.60. The second-order valence-electron chi connectivity index (χ2n) is 8.70. The number of benzene rings is 1. The lowest BCUT2D eigenvalue weighted by Gasteiger charge is -2.35. The van der Waals surface area contributed by atoms with Gasteiger partial charge >= 0.3 is 5.97 Å². The van der Waals surface area contributed by atoms with Crippen LogP contribution in [0.25, 0.3) is 0 Å². The van der Waals surface area contributed by atoms with Crippen LogP contribution in [0.5, 0.6) is 0 Å². The molecule has 0 radical (unpaired) electrons. The molecule has 33 heavy (non-hydrogen) atoms. The van der Waals surface area contributed by atoms with Crippen molar-refractivity contribution in [1.82, 2.24) is 20.0 Å². The van der Waals surface area contributed by atoms with Crippen molar-refractivity contribution < 1.29 is 19.5 Å². The highest BCUT2D eigenvalue weighted by atomic mass is 16.4. The Labute approximate surface area is 195 Å². The lowest BCUT2D eigenvalue weighted by atomic mass is 9.98. The summed E-state index contributed by atoms with van der Waals surface area (Å²) in [6, 6.07) is 8.44. The van der Waals surface area contributed by atoms with Gasteiger partial charge < -0.3 is 15.3 Å². The minimum atomic E-state index is -1.01. The third kappa shape index (κ3) is 6.00. The number of amides is 2. The van der Waals surface area contributed by atoms with E-state index < -0.39 is 17.9 Å².